The molecule has 0 N–H and O–H groups in total. The molecule has 4 heterocycles. The summed E-state index contributed by atoms with van der Waals surface area (Å²) in [5.41, 5.74) is 0.507. The first kappa shape index (κ1) is 17.3. The molecule has 1 aliphatic rings. The van der Waals surface area contributed by atoms with Gasteiger partial charge in [-0.3, -0.25) is 18.7 Å². The van der Waals surface area contributed by atoms with Crippen LogP contribution >= 0.6 is 0 Å². The lowest BCUT2D eigenvalue weighted by atomic mass is 10.4. The topological polar surface area (TPSA) is 99.9 Å². The molecular weight excluding hydrogens is 350 g/mol. The van der Waals surface area contributed by atoms with Gasteiger partial charge in [0, 0.05) is 39.8 Å². The highest BCUT2D eigenvalue weighted by Gasteiger charge is 2.16. The maximum atomic E-state index is 12.5. The largest absolute Gasteiger partial charge is 0.370 e. The van der Waals surface area contributed by atoms with Crippen molar-refractivity contribution in [1.29, 1.82) is 0 Å². The van der Waals surface area contributed by atoms with Crippen molar-refractivity contribution in [1.82, 2.24) is 28.5 Å². The van der Waals surface area contributed by atoms with Gasteiger partial charge in [-0.05, 0) is 12.8 Å². The average molecular weight is 371 g/mol. The number of fused-ring (bicyclic) bond motifs is 1. The highest BCUT2D eigenvalue weighted by Crippen LogP contribution is 2.16. The van der Waals surface area contributed by atoms with Gasteiger partial charge in [-0.25, -0.2) is 14.5 Å². The van der Waals surface area contributed by atoms with E-state index in [0.717, 1.165) is 36.2 Å². The van der Waals surface area contributed by atoms with E-state index < -0.39 is 11.2 Å². The molecule has 0 bridgehead atoms. The minimum absolute atomic E-state index is 0.177. The predicted molar refractivity (Wildman–Crippen MR) is 100 cm³/mol. The molecule has 0 amide bonds. The van der Waals surface area contributed by atoms with Gasteiger partial charge in [-0.1, -0.05) is 0 Å². The second kappa shape index (κ2) is 6.53. The van der Waals surface area contributed by atoms with Crippen molar-refractivity contribution >= 4 is 16.9 Å². The first-order valence-electron chi connectivity index (χ1n) is 8.90. The van der Waals surface area contributed by atoms with Crippen LogP contribution in [0.15, 0.2) is 33.0 Å². The zero-order valence-electron chi connectivity index (χ0n) is 15.3. The van der Waals surface area contributed by atoms with E-state index in [0.29, 0.717) is 24.3 Å². The van der Waals surface area contributed by atoms with E-state index in [1.54, 1.807) is 23.9 Å². The molecule has 10 nitrogen and oxygen atoms in total. The molecule has 0 aromatic carbocycles. The lowest BCUT2D eigenvalue weighted by molar-refractivity contribution is 0.515. The smallest absolute Gasteiger partial charge is 0.332 e. The van der Waals surface area contributed by atoms with Gasteiger partial charge >= 0.3 is 5.69 Å². The van der Waals surface area contributed by atoms with Crippen molar-refractivity contribution in [2.24, 2.45) is 14.1 Å². The number of hydrogen-bond donors (Lipinski definition) is 0. The van der Waals surface area contributed by atoms with E-state index in [1.807, 2.05) is 0 Å². The minimum Gasteiger partial charge on any atom is -0.370 e. The van der Waals surface area contributed by atoms with Crippen molar-refractivity contribution in [2.45, 2.75) is 25.9 Å². The highest BCUT2D eigenvalue weighted by molar-refractivity contribution is 5.69. The molecule has 3 aromatic rings. The summed E-state index contributed by atoms with van der Waals surface area (Å²) in [6.45, 7) is 2.55. The van der Waals surface area contributed by atoms with E-state index in [1.165, 1.54) is 22.6 Å². The van der Waals surface area contributed by atoms with Gasteiger partial charge < -0.3 is 9.47 Å². The molecule has 4 rings (SSSR count). The third kappa shape index (κ3) is 2.86. The molecule has 1 saturated heterocycles. The van der Waals surface area contributed by atoms with E-state index in [-0.39, 0.29) is 5.56 Å². The fraction of sp³-hybridized carbons (Fsp3) is 0.471. The summed E-state index contributed by atoms with van der Waals surface area (Å²) in [7, 11) is 3.01. The Morgan fingerprint density at radius 2 is 1.78 bits per heavy atom. The summed E-state index contributed by atoms with van der Waals surface area (Å²) in [5.74, 6) is 0. The van der Waals surface area contributed by atoms with Gasteiger partial charge in [0.05, 0.1) is 24.8 Å². The Hall–Kier alpha value is -3.17. The number of rotatable bonds is 4. The lowest BCUT2D eigenvalue weighted by Gasteiger charge is -2.17. The van der Waals surface area contributed by atoms with Crippen molar-refractivity contribution in [3.8, 4) is 0 Å². The third-order valence-corrected chi connectivity index (χ3v) is 5.10. The van der Waals surface area contributed by atoms with Crippen molar-refractivity contribution in [3.63, 3.8) is 0 Å². The quantitative estimate of drug-likeness (QED) is 0.601. The molecular formula is C17H21N7O3. The van der Waals surface area contributed by atoms with Gasteiger partial charge in [0.15, 0.2) is 11.2 Å². The van der Waals surface area contributed by atoms with Crippen molar-refractivity contribution in [3.05, 3.63) is 49.8 Å². The van der Waals surface area contributed by atoms with Crippen LogP contribution in [0.3, 0.4) is 0 Å². The molecule has 0 atom stereocenters. The van der Waals surface area contributed by atoms with Crippen LogP contribution in [0.5, 0.6) is 0 Å². The third-order valence-electron chi connectivity index (χ3n) is 5.10. The average Bonchev–Trinajstić information content (AvgIpc) is 3.33. The SMILES string of the molecule is Cn1c(=O)c2c(ncn2CCn2ncc(N3CCCC3)cc2=O)n(C)c1=O. The fourth-order valence-corrected chi connectivity index (χ4v) is 3.51. The number of imidazole rings is 1. The molecule has 0 spiro atoms. The van der Waals surface area contributed by atoms with Crippen molar-refractivity contribution < 1.29 is 0 Å². The molecule has 0 radical (unpaired) electrons. The van der Waals surface area contributed by atoms with Crippen LogP contribution in [0.1, 0.15) is 12.8 Å². The predicted octanol–water partition coefficient (Wildman–Crippen LogP) is -0.709. The van der Waals surface area contributed by atoms with E-state index in [9.17, 15) is 14.4 Å². The summed E-state index contributed by atoms with van der Waals surface area (Å²) in [6.07, 6.45) is 5.49. The normalized spacial score (nSPS) is 14.4. The maximum Gasteiger partial charge on any atom is 0.332 e. The Labute approximate surface area is 153 Å². The van der Waals surface area contributed by atoms with Crippen LogP contribution in [-0.2, 0) is 27.2 Å². The standard InChI is InChI=1S/C17H21N7O3/c1-20-15-14(16(26)21(2)17(20)27)23(11-18-15)7-8-24-13(25)9-12(10-19-24)22-5-3-4-6-22/h9-11H,3-8H2,1-2H3. The Morgan fingerprint density at radius 1 is 1.04 bits per heavy atom. The summed E-state index contributed by atoms with van der Waals surface area (Å²) < 4.78 is 5.41. The van der Waals surface area contributed by atoms with Crippen LogP contribution < -0.4 is 21.7 Å². The van der Waals surface area contributed by atoms with E-state index in [2.05, 4.69) is 15.0 Å². The van der Waals surface area contributed by atoms with E-state index in [4.69, 9.17) is 0 Å². The highest BCUT2D eigenvalue weighted by atomic mass is 16.2. The van der Waals surface area contributed by atoms with Crippen LogP contribution in [0.25, 0.3) is 11.2 Å². The summed E-state index contributed by atoms with van der Waals surface area (Å²) in [6, 6.07) is 1.60. The van der Waals surface area contributed by atoms with Gasteiger partial charge in [-0.15, -0.1) is 0 Å². The van der Waals surface area contributed by atoms with Gasteiger partial charge in [0.2, 0.25) is 0 Å². The Kier molecular flexibility index (Phi) is 4.17. The number of hydrogen-bond acceptors (Lipinski definition) is 6. The van der Waals surface area contributed by atoms with E-state index >= 15 is 0 Å². The Morgan fingerprint density at radius 3 is 2.48 bits per heavy atom. The maximum absolute atomic E-state index is 12.5. The van der Waals surface area contributed by atoms with Crippen LogP contribution in [-0.4, -0.2) is 41.6 Å². The van der Waals surface area contributed by atoms with Gasteiger partial charge in [0.25, 0.3) is 11.1 Å². The second-order valence-corrected chi connectivity index (χ2v) is 6.79. The lowest BCUT2D eigenvalue weighted by Crippen LogP contribution is -2.37. The van der Waals surface area contributed by atoms with Gasteiger partial charge in [-0.2, -0.15) is 5.10 Å². The zero-order valence-corrected chi connectivity index (χ0v) is 15.3. The Bertz CT molecular complexity index is 1180. The number of nitrogens with zero attached hydrogens (tertiary/aromatic N) is 7. The molecule has 10 heteroatoms. The first-order valence-corrected chi connectivity index (χ1v) is 8.90. The van der Waals surface area contributed by atoms with Crippen LogP contribution in [0.2, 0.25) is 0 Å². The zero-order chi connectivity index (χ0) is 19.1. The summed E-state index contributed by atoms with van der Waals surface area (Å²) in [5, 5.41) is 4.26. The first-order chi connectivity index (χ1) is 13.0. The minimum atomic E-state index is -0.423. The summed E-state index contributed by atoms with van der Waals surface area (Å²) in [4.78, 5) is 43.2. The fourth-order valence-electron chi connectivity index (χ4n) is 3.51. The van der Waals surface area contributed by atoms with Crippen molar-refractivity contribution in [2.75, 3.05) is 18.0 Å². The Balaban J connectivity index is 1.62. The molecule has 142 valence electrons. The molecule has 0 aliphatic carbocycles. The number of anilines is 1. The molecule has 0 saturated carbocycles. The molecule has 1 aliphatic heterocycles. The molecule has 0 unspecified atom stereocenters. The monoisotopic (exact) mass is 371 g/mol. The number of aryl methyl sites for hydroxylation is 3. The molecule has 1 fully saturated rings. The van der Waals surface area contributed by atoms with Crippen LogP contribution in [0.4, 0.5) is 5.69 Å². The van der Waals surface area contributed by atoms with Crippen LogP contribution in [0, 0.1) is 0 Å². The second-order valence-electron chi connectivity index (χ2n) is 6.79. The van der Waals surface area contributed by atoms with Gasteiger partial charge in [0.1, 0.15) is 0 Å². The number of aromatic nitrogens is 6. The molecule has 3 aromatic heterocycles. The summed E-state index contributed by atoms with van der Waals surface area (Å²) >= 11 is 0. The molecule has 27 heavy (non-hydrogen) atoms.